The molecule has 0 aromatic heterocycles. The van der Waals surface area contributed by atoms with Crippen molar-refractivity contribution in [1.29, 1.82) is 0 Å². The van der Waals surface area contributed by atoms with E-state index in [1.54, 1.807) is 6.08 Å². The molecular weight excluding hydrogens is 228 g/mol. The summed E-state index contributed by atoms with van der Waals surface area (Å²) < 4.78 is 5.50. The van der Waals surface area contributed by atoms with E-state index < -0.39 is 0 Å². The van der Waals surface area contributed by atoms with Crippen molar-refractivity contribution in [3.63, 3.8) is 0 Å². The largest absolute Gasteiger partial charge is 0.381 e. The van der Waals surface area contributed by atoms with Gasteiger partial charge in [-0.3, -0.25) is 4.79 Å². The Labute approximate surface area is 110 Å². The van der Waals surface area contributed by atoms with Crippen molar-refractivity contribution < 1.29 is 9.53 Å². The van der Waals surface area contributed by atoms with Crippen LogP contribution >= 0.6 is 0 Å². The van der Waals surface area contributed by atoms with Gasteiger partial charge in [-0.2, -0.15) is 0 Å². The standard InChI is InChI=1S/C14H24N2O2/c1-15(2)8-3-4-13(17)16-9-5-14(6-10-16)7-11-18-12-14/h3-4H,5-12H2,1-2H3. The third-order valence-corrected chi connectivity index (χ3v) is 4.05. The van der Waals surface area contributed by atoms with E-state index in [1.807, 2.05) is 30.0 Å². The summed E-state index contributed by atoms with van der Waals surface area (Å²) in [6.45, 7) is 4.38. The highest BCUT2D eigenvalue weighted by atomic mass is 16.5. The third kappa shape index (κ3) is 3.33. The third-order valence-electron chi connectivity index (χ3n) is 4.05. The maximum Gasteiger partial charge on any atom is 0.246 e. The second kappa shape index (κ2) is 5.85. The second-order valence-electron chi connectivity index (χ2n) is 5.79. The molecule has 1 spiro atoms. The van der Waals surface area contributed by atoms with Crippen LogP contribution in [-0.2, 0) is 9.53 Å². The van der Waals surface area contributed by atoms with Crippen LogP contribution in [0, 0.1) is 5.41 Å². The van der Waals surface area contributed by atoms with Gasteiger partial charge in [0.1, 0.15) is 0 Å². The first-order valence-corrected chi connectivity index (χ1v) is 6.79. The minimum Gasteiger partial charge on any atom is -0.381 e. The summed E-state index contributed by atoms with van der Waals surface area (Å²) in [5, 5.41) is 0. The fourth-order valence-corrected chi connectivity index (χ4v) is 2.72. The van der Waals surface area contributed by atoms with Gasteiger partial charge in [-0.05, 0) is 38.8 Å². The van der Waals surface area contributed by atoms with Gasteiger partial charge < -0.3 is 14.5 Å². The Morgan fingerprint density at radius 2 is 2.06 bits per heavy atom. The maximum atomic E-state index is 12.0. The van der Waals surface area contributed by atoms with Crippen LogP contribution in [0.5, 0.6) is 0 Å². The van der Waals surface area contributed by atoms with Gasteiger partial charge in [-0.25, -0.2) is 0 Å². The van der Waals surface area contributed by atoms with E-state index in [-0.39, 0.29) is 5.91 Å². The van der Waals surface area contributed by atoms with Crippen LogP contribution < -0.4 is 0 Å². The molecule has 0 aromatic rings. The molecule has 0 unspecified atom stereocenters. The Balaban J connectivity index is 1.78. The normalized spacial score (nSPS) is 23.4. The van der Waals surface area contributed by atoms with Gasteiger partial charge >= 0.3 is 0 Å². The molecule has 2 saturated heterocycles. The summed E-state index contributed by atoms with van der Waals surface area (Å²) in [7, 11) is 4.00. The zero-order valence-electron chi connectivity index (χ0n) is 11.5. The molecule has 0 radical (unpaired) electrons. The Morgan fingerprint density at radius 3 is 2.61 bits per heavy atom. The summed E-state index contributed by atoms with van der Waals surface area (Å²) in [4.78, 5) is 16.0. The summed E-state index contributed by atoms with van der Waals surface area (Å²) in [5.74, 6) is 0.158. The van der Waals surface area contributed by atoms with Crippen LogP contribution in [0.4, 0.5) is 0 Å². The van der Waals surface area contributed by atoms with E-state index in [2.05, 4.69) is 0 Å². The van der Waals surface area contributed by atoms with E-state index in [0.717, 1.165) is 45.7 Å². The predicted octanol–water partition coefficient (Wildman–Crippen LogP) is 1.13. The molecule has 2 fully saturated rings. The van der Waals surface area contributed by atoms with Gasteiger partial charge in [-0.15, -0.1) is 0 Å². The molecule has 0 aromatic carbocycles. The van der Waals surface area contributed by atoms with Crippen molar-refractivity contribution in [2.24, 2.45) is 5.41 Å². The lowest BCUT2D eigenvalue weighted by atomic mass is 9.78. The molecule has 102 valence electrons. The summed E-state index contributed by atoms with van der Waals surface area (Å²) >= 11 is 0. The molecular formula is C14H24N2O2. The molecule has 0 aliphatic carbocycles. The van der Waals surface area contributed by atoms with Gasteiger partial charge in [0, 0.05) is 32.3 Å². The van der Waals surface area contributed by atoms with Crippen molar-refractivity contribution in [1.82, 2.24) is 9.80 Å². The van der Waals surface area contributed by atoms with Crippen LogP contribution in [0.2, 0.25) is 0 Å². The van der Waals surface area contributed by atoms with Crippen LogP contribution in [0.1, 0.15) is 19.3 Å². The molecule has 2 aliphatic heterocycles. The maximum absolute atomic E-state index is 12.0. The predicted molar refractivity (Wildman–Crippen MR) is 71.4 cm³/mol. The lowest BCUT2D eigenvalue weighted by molar-refractivity contribution is -0.128. The molecule has 2 heterocycles. The van der Waals surface area contributed by atoms with Crippen LogP contribution in [-0.4, -0.2) is 62.7 Å². The summed E-state index contributed by atoms with van der Waals surface area (Å²) in [6.07, 6.45) is 7.01. The monoisotopic (exact) mass is 252 g/mol. The van der Waals surface area contributed by atoms with E-state index >= 15 is 0 Å². The summed E-state index contributed by atoms with van der Waals surface area (Å²) in [6, 6.07) is 0. The van der Waals surface area contributed by atoms with E-state index in [9.17, 15) is 4.79 Å². The van der Waals surface area contributed by atoms with Crippen molar-refractivity contribution in [3.8, 4) is 0 Å². The Morgan fingerprint density at radius 1 is 1.33 bits per heavy atom. The van der Waals surface area contributed by atoms with Crippen molar-refractivity contribution in [3.05, 3.63) is 12.2 Å². The van der Waals surface area contributed by atoms with Crippen LogP contribution in [0.15, 0.2) is 12.2 Å². The summed E-state index contributed by atoms with van der Waals surface area (Å²) in [5.41, 5.74) is 0.379. The zero-order chi connectivity index (χ0) is 13.0. The van der Waals surface area contributed by atoms with Gasteiger partial charge in [0.2, 0.25) is 5.91 Å². The van der Waals surface area contributed by atoms with E-state index in [4.69, 9.17) is 4.74 Å². The fourth-order valence-electron chi connectivity index (χ4n) is 2.72. The number of likely N-dealkylation sites (tertiary alicyclic amines) is 1. The number of nitrogens with zero attached hydrogens (tertiary/aromatic N) is 2. The minimum atomic E-state index is 0.158. The minimum absolute atomic E-state index is 0.158. The fraction of sp³-hybridized carbons (Fsp3) is 0.786. The first kappa shape index (κ1) is 13.6. The van der Waals surface area contributed by atoms with Crippen LogP contribution in [0.3, 0.4) is 0 Å². The average Bonchev–Trinajstić information content (AvgIpc) is 2.78. The topological polar surface area (TPSA) is 32.8 Å². The Hall–Kier alpha value is -0.870. The highest BCUT2D eigenvalue weighted by Gasteiger charge is 2.38. The van der Waals surface area contributed by atoms with E-state index in [0.29, 0.717) is 5.41 Å². The SMILES string of the molecule is CN(C)CC=CC(=O)N1CCC2(CCOC2)CC1. The average molecular weight is 252 g/mol. The molecule has 0 bridgehead atoms. The molecule has 2 aliphatic rings. The van der Waals surface area contributed by atoms with Crippen LogP contribution in [0.25, 0.3) is 0 Å². The number of carbonyl (C=O) groups is 1. The van der Waals surface area contributed by atoms with Gasteiger partial charge in [0.25, 0.3) is 0 Å². The van der Waals surface area contributed by atoms with E-state index in [1.165, 1.54) is 6.42 Å². The molecule has 0 saturated carbocycles. The number of hydrogen-bond acceptors (Lipinski definition) is 3. The molecule has 4 heteroatoms. The van der Waals surface area contributed by atoms with Gasteiger partial charge in [-0.1, -0.05) is 6.08 Å². The molecule has 18 heavy (non-hydrogen) atoms. The molecule has 0 atom stereocenters. The Bertz CT molecular complexity index is 310. The van der Waals surface area contributed by atoms with Crippen molar-refractivity contribution in [2.45, 2.75) is 19.3 Å². The lowest BCUT2D eigenvalue weighted by Crippen LogP contribution is -2.42. The number of likely N-dealkylation sites (N-methyl/N-ethyl adjacent to an activating group) is 1. The van der Waals surface area contributed by atoms with Crippen molar-refractivity contribution >= 4 is 5.91 Å². The number of ether oxygens (including phenoxy) is 1. The van der Waals surface area contributed by atoms with Gasteiger partial charge in [0.15, 0.2) is 0 Å². The lowest BCUT2D eigenvalue weighted by Gasteiger charge is -2.37. The number of piperidine rings is 1. The number of carbonyl (C=O) groups excluding carboxylic acids is 1. The smallest absolute Gasteiger partial charge is 0.246 e. The first-order valence-electron chi connectivity index (χ1n) is 6.79. The zero-order valence-corrected chi connectivity index (χ0v) is 11.5. The number of hydrogen-bond donors (Lipinski definition) is 0. The molecule has 4 nitrogen and oxygen atoms in total. The second-order valence-corrected chi connectivity index (χ2v) is 5.79. The molecule has 0 N–H and O–H groups in total. The first-order chi connectivity index (χ1) is 8.61. The number of amides is 1. The quantitative estimate of drug-likeness (QED) is 0.706. The molecule has 2 rings (SSSR count). The number of rotatable bonds is 3. The Kier molecular flexibility index (Phi) is 4.40. The highest BCUT2D eigenvalue weighted by Crippen LogP contribution is 2.38. The highest BCUT2D eigenvalue weighted by molar-refractivity contribution is 5.87. The van der Waals surface area contributed by atoms with Crippen molar-refractivity contribution in [2.75, 3.05) is 46.9 Å². The molecule has 1 amide bonds. The van der Waals surface area contributed by atoms with Gasteiger partial charge in [0.05, 0.1) is 6.61 Å².